The first kappa shape index (κ1) is 25.0. The molecule has 0 radical (unpaired) electrons. The van der Waals surface area contributed by atoms with Gasteiger partial charge >= 0.3 is 0 Å². The number of amidine groups is 1. The molecule has 3 N–H and O–H groups in total. The molecule has 0 bridgehead atoms. The lowest BCUT2D eigenvalue weighted by Gasteiger charge is -2.27. The number of nitrogens with zero attached hydrogens (tertiary/aromatic N) is 7. The van der Waals surface area contributed by atoms with Crippen molar-refractivity contribution in [1.29, 1.82) is 0 Å². The van der Waals surface area contributed by atoms with Crippen LogP contribution >= 0.6 is 11.6 Å². The van der Waals surface area contributed by atoms with Gasteiger partial charge < -0.3 is 25.1 Å². The molecule has 5 rings (SSSR count). The predicted molar refractivity (Wildman–Crippen MR) is 142 cm³/mol. The van der Waals surface area contributed by atoms with Crippen LogP contribution in [0.2, 0.25) is 5.02 Å². The first-order valence-electron chi connectivity index (χ1n) is 12.0. The van der Waals surface area contributed by atoms with Crippen molar-refractivity contribution in [2.75, 3.05) is 13.2 Å². The van der Waals surface area contributed by atoms with Gasteiger partial charge in [-0.15, -0.1) is 0 Å². The molecular formula is C25H30ClN9O2. The van der Waals surface area contributed by atoms with E-state index in [0.29, 0.717) is 46.1 Å². The van der Waals surface area contributed by atoms with Crippen LogP contribution in [0.3, 0.4) is 0 Å². The maximum absolute atomic E-state index is 6.73. The summed E-state index contributed by atoms with van der Waals surface area (Å²) >= 11 is 6.73. The van der Waals surface area contributed by atoms with Gasteiger partial charge in [-0.3, -0.25) is 0 Å². The Hall–Kier alpha value is -3.70. The fourth-order valence-electron chi connectivity index (χ4n) is 4.07. The second-order valence-electron chi connectivity index (χ2n) is 10.1. The lowest BCUT2D eigenvalue weighted by Crippen LogP contribution is -2.35. The largest absolute Gasteiger partial charge is 0.451 e. The van der Waals surface area contributed by atoms with Gasteiger partial charge in [0.2, 0.25) is 5.95 Å². The number of nitrogens with one attached hydrogen (secondary N) is 1. The molecule has 0 amide bonds. The summed E-state index contributed by atoms with van der Waals surface area (Å²) < 4.78 is 14.9. The van der Waals surface area contributed by atoms with Crippen molar-refractivity contribution in [3.63, 3.8) is 0 Å². The van der Waals surface area contributed by atoms with Gasteiger partial charge in [-0.05, 0) is 19.4 Å². The van der Waals surface area contributed by atoms with Crippen LogP contribution in [0.5, 0.6) is 11.5 Å². The molecule has 5 heterocycles. The molecule has 37 heavy (non-hydrogen) atoms. The van der Waals surface area contributed by atoms with Crippen LogP contribution in [0.25, 0.3) is 16.8 Å². The molecule has 0 aromatic carbocycles. The number of hydrogen-bond acceptors (Lipinski definition) is 8. The highest BCUT2D eigenvalue weighted by molar-refractivity contribution is 6.36. The average Bonchev–Trinajstić information content (AvgIpc) is 3.54. The van der Waals surface area contributed by atoms with Crippen LogP contribution in [0.4, 0.5) is 5.95 Å². The van der Waals surface area contributed by atoms with Crippen LogP contribution < -0.4 is 15.8 Å². The summed E-state index contributed by atoms with van der Waals surface area (Å²) in [5.41, 5.74) is 9.77. The SMILES string of the molecule is Cc1cc2ncc(Oc3cnc4nc(N=C(N)/C=C(\N[C@H]5CCOC5)C(C)(C)C)n(C)c4c3Cl)cn2n1. The fourth-order valence-corrected chi connectivity index (χ4v) is 4.37. The highest BCUT2D eigenvalue weighted by Gasteiger charge is 2.23. The molecule has 0 saturated carbocycles. The van der Waals surface area contributed by atoms with E-state index in [2.05, 4.69) is 51.1 Å². The van der Waals surface area contributed by atoms with Gasteiger partial charge in [0.15, 0.2) is 22.8 Å². The van der Waals surface area contributed by atoms with E-state index in [1.54, 1.807) is 28.5 Å². The van der Waals surface area contributed by atoms with E-state index in [-0.39, 0.29) is 11.5 Å². The van der Waals surface area contributed by atoms with Gasteiger partial charge in [0.1, 0.15) is 16.4 Å². The van der Waals surface area contributed by atoms with Crippen molar-refractivity contribution in [2.45, 2.75) is 40.2 Å². The van der Waals surface area contributed by atoms with E-state index in [0.717, 1.165) is 30.1 Å². The topological polar surface area (TPSA) is 130 Å². The number of rotatable bonds is 6. The molecule has 1 fully saturated rings. The van der Waals surface area contributed by atoms with E-state index in [4.69, 9.17) is 26.8 Å². The van der Waals surface area contributed by atoms with Crippen LogP contribution in [0, 0.1) is 12.3 Å². The Labute approximate surface area is 219 Å². The van der Waals surface area contributed by atoms with Crippen LogP contribution in [-0.2, 0) is 11.8 Å². The molecule has 12 heteroatoms. The number of ether oxygens (including phenoxy) is 2. The maximum atomic E-state index is 6.73. The average molecular weight is 524 g/mol. The highest BCUT2D eigenvalue weighted by Crippen LogP contribution is 2.35. The van der Waals surface area contributed by atoms with Crippen LogP contribution in [0.1, 0.15) is 32.9 Å². The fraction of sp³-hybridized carbons (Fsp3) is 0.400. The third-order valence-electron chi connectivity index (χ3n) is 6.04. The Bertz CT molecular complexity index is 1520. The molecule has 0 spiro atoms. The van der Waals surface area contributed by atoms with E-state index < -0.39 is 0 Å². The van der Waals surface area contributed by atoms with Crippen molar-refractivity contribution in [3.05, 3.63) is 47.1 Å². The quantitative estimate of drug-likeness (QED) is 0.286. The number of fused-ring (bicyclic) bond motifs is 2. The molecule has 1 aliphatic heterocycles. The standard InChI is InChI=1S/C25H30ClN9O2/c1-14-8-20-28-10-16(12-35(20)33-14)37-17-11-29-23-22(21(17)26)34(5)24(32-23)31-19(27)9-18(25(2,3)4)30-15-6-7-36-13-15/h8-12,15,30H,6-7,13H2,1-5H3,(H2,27,29,31,32)/b18-9-/t15-/m0/s1. The lowest BCUT2D eigenvalue weighted by atomic mass is 9.90. The predicted octanol–water partition coefficient (Wildman–Crippen LogP) is 4.06. The Morgan fingerprint density at radius 3 is 2.86 bits per heavy atom. The number of nitrogens with two attached hydrogens (primary N) is 1. The molecule has 1 atom stereocenters. The molecular weight excluding hydrogens is 494 g/mol. The zero-order chi connectivity index (χ0) is 26.3. The van der Waals surface area contributed by atoms with E-state index in [1.807, 2.05) is 19.1 Å². The molecule has 0 aliphatic carbocycles. The molecule has 1 saturated heterocycles. The van der Waals surface area contributed by atoms with Gasteiger partial charge in [0.25, 0.3) is 0 Å². The van der Waals surface area contributed by atoms with Crippen molar-refractivity contribution in [3.8, 4) is 11.5 Å². The minimum Gasteiger partial charge on any atom is -0.451 e. The first-order valence-corrected chi connectivity index (χ1v) is 12.4. The molecule has 4 aromatic heterocycles. The van der Waals surface area contributed by atoms with Crippen molar-refractivity contribution in [1.82, 2.24) is 34.4 Å². The van der Waals surface area contributed by atoms with E-state index >= 15 is 0 Å². The van der Waals surface area contributed by atoms with Gasteiger partial charge in [0, 0.05) is 30.8 Å². The zero-order valence-corrected chi connectivity index (χ0v) is 22.2. The van der Waals surface area contributed by atoms with Gasteiger partial charge in [0.05, 0.1) is 36.9 Å². The second kappa shape index (κ2) is 9.64. The summed E-state index contributed by atoms with van der Waals surface area (Å²) in [5, 5.41) is 8.27. The minimum atomic E-state index is -0.154. The minimum absolute atomic E-state index is 0.154. The summed E-state index contributed by atoms with van der Waals surface area (Å²) in [6.07, 6.45) is 7.68. The number of aryl methyl sites for hydroxylation is 2. The van der Waals surface area contributed by atoms with Gasteiger partial charge in [-0.25, -0.2) is 14.5 Å². The molecule has 4 aromatic rings. The summed E-state index contributed by atoms with van der Waals surface area (Å²) in [5.74, 6) is 1.53. The number of pyridine rings is 1. The normalized spacial score (nSPS) is 17.2. The second-order valence-corrected chi connectivity index (χ2v) is 10.5. The lowest BCUT2D eigenvalue weighted by molar-refractivity contribution is 0.190. The summed E-state index contributed by atoms with van der Waals surface area (Å²) in [6, 6.07) is 2.13. The van der Waals surface area contributed by atoms with Gasteiger partial charge in [-0.2, -0.15) is 15.1 Å². The Kier molecular flexibility index (Phi) is 6.50. The summed E-state index contributed by atoms with van der Waals surface area (Å²) in [4.78, 5) is 17.9. The van der Waals surface area contributed by atoms with Crippen molar-refractivity contribution >= 4 is 40.2 Å². The molecule has 11 nitrogen and oxygen atoms in total. The Morgan fingerprint density at radius 2 is 2.14 bits per heavy atom. The Morgan fingerprint density at radius 1 is 1.32 bits per heavy atom. The maximum Gasteiger partial charge on any atom is 0.233 e. The van der Waals surface area contributed by atoms with Crippen molar-refractivity contribution < 1.29 is 9.47 Å². The third-order valence-corrected chi connectivity index (χ3v) is 6.40. The molecule has 194 valence electrons. The first-order chi connectivity index (χ1) is 17.6. The number of imidazole rings is 1. The van der Waals surface area contributed by atoms with Crippen LogP contribution in [-0.4, -0.2) is 54.2 Å². The number of aliphatic imine (C=N–C) groups is 1. The smallest absolute Gasteiger partial charge is 0.233 e. The van der Waals surface area contributed by atoms with E-state index in [9.17, 15) is 0 Å². The summed E-state index contributed by atoms with van der Waals surface area (Å²) in [6.45, 7) is 9.70. The number of halogens is 1. The number of aromatic nitrogens is 6. The monoisotopic (exact) mass is 523 g/mol. The molecule has 0 unspecified atom stereocenters. The zero-order valence-electron chi connectivity index (χ0n) is 21.5. The van der Waals surface area contributed by atoms with Crippen molar-refractivity contribution in [2.24, 2.45) is 23.2 Å². The number of allylic oxidation sites excluding steroid dienone is 1. The Balaban J connectivity index is 1.44. The van der Waals surface area contributed by atoms with E-state index in [1.165, 1.54) is 6.20 Å². The van der Waals surface area contributed by atoms with Gasteiger partial charge in [-0.1, -0.05) is 32.4 Å². The van der Waals surface area contributed by atoms with Crippen LogP contribution in [0.15, 0.2) is 41.4 Å². The number of hydrogen-bond donors (Lipinski definition) is 2. The highest BCUT2D eigenvalue weighted by atomic mass is 35.5. The molecule has 1 aliphatic rings. The third kappa shape index (κ3) is 5.23. The summed E-state index contributed by atoms with van der Waals surface area (Å²) in [7, 11) is 1.81.